The van der Waals surface area contributed by atoms with E-state index in [-0.39, 0.29) is 6.61 Å². The zero-order chi connectivity index (χ0) is 15.3. The molecule has 0 aliphatic heterocycles. The quantitative estimate of drug-likeness (QED) is 0.850. The van der Waals surface area contributed by atoms with E-state index in [9.17, 15) is 5.11 Å². The number of ether oxygens (including phenoxy) is 1. The summed E-state index contributed by atoms with van der Waals surface area (Å²) in [5.41, 5.74) is 2.54. The largest absolute Gasteiger partial charge is 0.494 e. The molecule has 2 N–H and O–H groups in total. The number of para-hydroxylation sites is 1. The Kier molecular flexibility index (Phi) is 4.86. The molecular weight excluding hydrogens is 262 g/mol. The van der Waals surface area contributed by atoms with E-state index in [0.29, 0.717) is 6.61 Å². The number of aryl methyl sites for hydroxylation is 1. The fourth-order valence-electron chi connectivity index (χ4n) is 2.35. The standard InChI is InChI=1S/C18H23NO2/c1-4-21-17-8-6-5-7-16(17)18(3,13-20)19-15-11-9-14(2)10-12-15/h5-12,19-20H,4,13H2,1-3H3. The highest BCUT2D eigenvalue weighted by Gasteiger charge is 2.28. The topological polar surface area (TPSA) is 41.5 Å². The lowest BCUT2D eigenvalue weighted by molar-refractivity contribution is 0.218. The molecule has 2 aromatic carbocycles. The van der Waals surface area contributed by atoms with Crippen LogP contribution in [0.3, 0.4) is 0 Å². The fourth-order valence-corrected chi connectivity index (χ4v) is 2.35. The lowest BCUT2D eigenvalue weighted by Crippen LogP contribution is -2.36. The summed E-state index contributed by atoms with van der Waals surface area (Å²) in [6.07, 6.45) is 0. The molecule has 0 fully saturated rings. The first-order chi connectivity index (χ1) is 10.1. The van der Waals surface area contributed by atoms with Gasteiger partial charge in [0.15, 0.2) is 0 Å². The first-order valence-electron chi connectivity index (χ1n) is 7.27. The van der Waals surface area contributed by atoms with E-state index in [2.05, 4.69) is 24.4 Å². The molecule has 0 amide bonds. The van der Waals surface area contributed by atoms with Gasteiger partial charge in [0.2, 0.25) is 0 Å². The van der Waals surface area contributed by atoms with Crippen molar-refractivity contribution in [3.8, 4) is 5.75 Å². The summed E-state index contributed by atoms with van der Waals surface area (Å²) in [4.78, 5) is 0. The second-order valence-corrected chi connectivity index (χ2v) is 5.41. The van der Waals surface area contributed by atoms with Crippen LogP contribution < -0.4 is 10.1 Å². The normalized spacial score (nSPS) is 13.5. The van der Waals surface area contributed by atoms with Gasteiger partial charge in [-0.3, -0.25) is 0 Å². The van der Waals surface area contributed by atoms with Crippen LogP contribution in [0.25, 0.3) is 0 Å². The molecule has 1 atom stereocenters. The molecular formula is C18H23NO2. The third kappa shape index (κ3) is 3.56. The minimum atomic E-state index is -0.596. The third-order valence-electron chi connectivity index (χ3n) is 3.57. The minimum absolute atomic E-state index is 0.0229. The van der Waals surface area contributed by atoms with Crippen molar-refractivity contribution in [2.24, 2.45) is 0 Å². The second-order valence-electron chi connectivity index (χ2n) is 5.41. The van der Waals surface area contributed by atoms with Crippen LogP contribution in [0.4, 0.5) is 5.69 Å². The molecule has 3 heteroatoms. The Morgan fingerprint density at radius 1 is 1.10 bits per heavy atom. The Hall–Kier alpha value is -2.00. The maximum absolute atomic E-state index is 9.93. The van der Waals surface area contributed by atoms with E-state index >= 15 is 0 Å². The van der Waals surface area contributed by atoms with Gasteiger partial charge in [0.05, 0.1) is 18.8 Å². The Bertz CT molecular complexity index is 580. The zero-order valence-electron chi connectivity index (χ0n) is 12.9. The van der Waals surface area contributed by atoms with Gasteiger partial charge in [-0.25, -0.2) is 0 Å². The van der Waals surface area contributed by atoms with Crippen molar-refractivity contribution in [3.63, 3.8) is 0 Å². The maximum atomic E-state index is 9.93. The van der Waals surface area contributed by atoms with Crippen molar-refractivity contribution in [1.29, 1.82) is 0 Å². The second kappa shape index (κ2) is 6.64. The summed E-state index contributed by atoms with van der Waals surface area (Å²) < 4.78 is 5.69. The molecule has 0 spiro atoms. The average Bonchev–Trinajstić information content (AvgIpc) is 2.50. The SMILES string of the molecule is CCOc1ccccc1C(C)(CO)Nc1ccc(C)cc1. The van der Waals surface area contributed by atoms with Gasteiger partial charge in [0.25, 0.3) is 0 Å². The maximum Gasteiger partial charge on any atom is 0.124 e. The van der Waals surface area contributed by atoms with E-state index in [0.717, 1.165) is 17.0 Å². The number of hydrogen-bond donors (Lipinski definition) is 2. The molecule has 0 saturated heterocycles. The van der Waals surface area contributed by atoms with Gasteiger partial charge >= 0.3 is 0 Å². The van der Waals surface area contributed by atoms with Crippen LogP contribution >= 0.6 is 0 Å². The van der Waals surface area contributed by atoms with Gasteiger partial charge < -0.3 is 15.2 Å². The highest BCUT2D eigenvalue weighted by molar-refractivity contribution is 5.51. The van der Waals surface area contributed by atoms with Crippen LogP contribution in [0.15, 0.2) is 48.5 Å². The molecule has 112 valence electrons. The minimum Gasteiger partial charge on any atom is -0.494 e. The molecule has 21 heavy (non-hydrogen) atoms. The molecule has 0 aromatic heterocycles. The summed E-state index contributed by atoms with van der Waals surface area (Å²) in [7, 11) is 0. The van der Waals surface area contributed by atoms with Crippen LogP contribution in [-0.4, -0.2) is 18.3 Å². The number of nitrogens with one attached hydrogen (secondary N) is 1. The van der Waals surface area contributed by atoms with E-state index < -0.39 is 5.54 Å². The van der Waals surface area contributed by atoms with Gasteiger partial charge in [-0.1, -0.05) is 35.9 Å². The summed E-state index contributed by atoms with van der Waals surface area (Å²) in [6.45, 7) is 6.57. The predicted octanol–water partition coefficient (Wildman–Crippen LogP) is 3.71. The molecule has 1 unspecified atom stereocenters. The highest BCUT2D eigenvalue weighted by Crippen LogP contribution is 2.32. The Morgan fingerprint density at radius 2 is 1.76 bits per heavy atom. The van der Waals surface area contributed by atoms with E-state index in [1.807, 2.05) is 50.2 Å². The Morgan fingerprint density at radius 3 is 2.38 bits per heavy atom. The average molecular weight is 285 g/mol. The van der Waals surface area contributed by atoms with Crippen LogP contribution in [0.2, 0.25) is 0 Å². The zero-order valence-corrected chi connectivity index (χ0v) is 12.9. The first kappa shape index (κ1) is 15.4. The van der Waals surface area contributed by atoms with Gasteiger partial charge in [0.1, 0.15) is 5.75 Å². The number of rotatable bonds is 6. The van der Waals surface area contributed by atoms with E-state index in [4.69, 9.17) is 4.74 Å². The molecule has 3 nitrogen and oxygen atoms in total. The van der Waals surface area contributed by atoms with Crippen LogP contribution in [0, 0.1) is 6.92 Å². The fraction of sp³-hybridized carbons (Fsp3) is 0.333. The van der Waals surface area contributed by atoms with Gasteiger partial charge in [-0.15, -0.1) is 0 Å². The molecule has 0 radical (unpaired) electrons. The summed E-state index contributed by atoms with van der Waals surface area (Å²) in [6, 6.07) is 16.0. The summed E-state index contributed by atoms with van der Waals surface area (Å²) in [5, 5.41) is 13.3. The molecule has 0 heterocycles. The van der Waals surface area contributed by atoms with Crippen LogP contribution in [0.1, 0.15) is 25.0 Å². The van der Waals surface area contributed by atoms with Gasteiger partial charge in [0, 0.05) is 11.3 Å². The lowest BCUT2D eigenvalue weighted by Gasteiger charge is -2.32. The Balaban J connectivity index is 2.34. The van der Waals surface area contributed by atoms with E-state index in [1.54, 1.807) is 0 Å². The predicted molar refractivity (Wildman–Crippen MR) is 86.9 cm³/mol. The molecule has 2 aromatic rings. The summed E-state index contributed by atoms with van der Waals surface area (Å²) >= 11 is 0. The first-order valence-corrected chi connectivity index (χ1v) is 7.27. The smallest absolute Gasteiger partial charge is 0.124 e. The summed E-state index contributed by atoms with van der Waals surface area (Å²) in [5.74, 6) is 0.802. The number of aliphatic hydroxyl groups is 1. The number of benzene rings is 2. The van der Waals surface area contributed by atoms with Crippen LogP contribution in [-0.2, 0) is 5.54 Å². The number of aliphatic hydroxyl groups excluding tert-OH is 1. The van der Waals surface area contributed by atoms with Crippen molar-refractivity contribution in [1.82, 2.24) is 0 Å². The van der Waals surface area contributed by atoms with Gasteiger partial charge in [-0.05, 0) is 39.0 Å². The van der Waals surface area contributed by atoms with E-state index in [1.165, 1.54) is 5.56 Å². The van der Waals surface area contributed by atoms with Crippen molar-refractivity contribution in [2.45, 2.75) is 26.3 Å². The third-order valence-corrected chi connectivity index (χ3v) is 3.57. The van der Waals surface area contributed by atoms with Gasteiger partial charge in [-0.2, -0.15) is 0 Å². The van der Waals surface area contributed by atoms with Crippen molar-refractivity contribution in [3.05, 3.63) is 59.7 Å². The molecule has 2 rings (SSSR count). The highest BCUT2D eigenvalue weighted by atomic mass is 16.5. The number of anilines is 1. The Labute approximate surface area is 126 Å². The van der Waals surface area contributed by atoms with Crippen molar-refractivity contribution >= 4 is 5.69 Å². The van der Waals surface area contributed by atoms with Crippen molar-refractivity contribution < 1.29 is 9.84 Å². The lowest BCUT2D eigenvalue weighted by atomic mass is 9.91. The number of hydrogen-bond acceptors (Lipinski definition) is 3. The monoisotopic (exact) mass is 285 g/mol. The van der Waals surface area contributed by atoms with Crippen LogP contribution in [0.5, 0.6) is 5.75 Å². The molecule has 0 bridgehead atoms. The van der Waals surface area contributed by atoms with Crippen molar-refractivity contribution in [2.75, 3.05) is 18.5 Å². The molecule has 0 aliphatic rings. The molecule has 0 aliphatic carbocycles. The molecule has 0 saturated carbocycles.